The zero-order chi connectivity index (χ0) is 14.5. The summed E-state index contributed by atoms with van der Waals surface area (Å²) in [6, 6.07) is 12.2. The zero-order valence-corrected chi connectivity index (χ0v) is 13.2. The second-order valence-corrected chi connectivity index (χ2v) is 6.45. The Morgan fingerprint density at radius 2 is 2.10 bits per heavy atom. The molecule has 108 valence electrons. The van der Waals surface area contributed by atoms with E-state index in [2.05, 4.69) is 32.7 Å². The molecule has 0 amide bonds. The number of nitrogens with zero attached hydrogens (tertiary/aromatic N) is 2. The molecule has 2 heterocycles. The predicted octanol–water partition coefficient (Wildman–Crippen LogP) is 3.76. The lowest BCUT2D eigenvalue weighted by Gasteiger charge is -2.00. The maximum Gasteiger partial charge on any atom is 0.184 e. The van der Waals surface area contributed by atoms with Gasteiger partial charge in [0.15, 0.2) is 11.0 Å². The van der Waals surface area contributed by atoms with Crippen LogP contribution in [0.25, 0.3) is 0 Å². The Balaban J connectivity index is 1.59. The molecule has 0 aliphatic rings. The number of benzene rings is 1. The number of H-pyrrole nitrogens is 1. The first-order valence-corrected chi connectivity index (χ1v) is 8.39. The minimum atomic E-state index is 0.722. The van der Waals surface area contributed by atoms with E-state index in [1.165, 1.54) is 10.4 Å². The van der Waals surface area contributed by atoms with Crippen molar-refractivity contribution in [1.82, 2.24) is 15.2 Å². The highest BCUT2D eigenvalue weighted by atomic mass is 32.2. The average Bonchev–Trinajstić information content (AvgIpc) is 3.17. The van der Waals surface area contributed by atoms with E-state index in [-0.39, 0.29) is 0 Å². The van der Waals surface area contributed by atoms with Crippen LogP contribution >= 0.6 is 23.1 Å². The lowest BCUT2D eigenvalue weighted by molar-refractivity contribution is 0.414. The van der Waals surface area contributed by atoms with Gasteiger partial charge in [-0.05, 0) is 29.1 Å². The SMILES string of the molecule is COc1ccc(Cc2n[nH]c(SCc3cccs3)n2)cc1. The molecule has 0 fully saturated rings. The summed E-state index contributed by atoms with van der Waals surface area (Å²) in [6.45, 7) is 0. The van der Waals surface area contributed by atoms with E-state index in [0.717, 1.165) is 28.9 Å². The summed E-state index contributed by atoms with van der Waals surface area (Å²) in [5.74, 6) is 2.60. The van der Waals surface area contributed by atoms with Crippen LogP contribution in [0.1, 0.15) is 16.3 Å². The number of hydrogen-bond acceptors (Lipinski definition) is 5. The molecular formula is C15H15N3OS2. The van der Waals surface area contributed by atoms with E-state index in [4.69, 9.17) is 4.74 Å². The molecule has 6 heteroatoms. The number of ether oxygens (including phenoxy) is 1. The Labute approximate surface area is 131 Å². The molecule has 3 aromatic rings. The second kappa shape index (κ2) is 6.78. The van der Waals surface area contributed by atoms with Gasteiger partial charge >= 0.3 is 0 Å². The Kier molecular flexibility index (Phi) is 4.57. The molecule has 4 nitrogen and oxygen atoms in total. The summed E-state index contributed by atoms with van der Waals surface area (Å²) in [5, 5.41) is 10.2. The maximum atomic E-state index is 5.15. The van der Waals surface area contributed by atoms with Gasteiger partial charge in [0.05, 0.1) is 7.11 Å². The van der Waals surface area contributed by atoms with Crippen molar-refractivity contribution in [1.29, 1.82) is 0 Å². The Morgan fingerprint density at radius 3 is 2.81 bits per heavy atom. The summed E-state index contributed by atoms with van der Waals surface area (Å²) in [5.41, 5.74) is 1.17. The van der Waals surface area contributed by atoms with Crippen molar-refractivity contribution in [3.63, 3.8) is 0 Å². The predicted molar refractivity (Wildman–Crippen MR) is 86.1 cm³/mol. The highest BCUT2D eigenvalue weighted by Gasteiger charge is 2.06. The molecule has 0 saturated heterocycles. The molecule has 0 radical (unpaired) electrons. The Bertz CT molecular complexity index is 677. The molecule has 0 bridgehead atoms. The summed E-state index contributed by atoms with van der Waals surface area (Å²) in [7, 11) is 1.67. The van der Waals surface area contributed by atoms with Gasteiger partial charge in [-0.25, -0.2) is 4.98 Å². The van der Waals surface area contributed by atoms with E-state index in [0.29, 0.717) is 0 Å². The molecule has 21 heavy (non-hydrogen) atoms. The Hall–Kier alpha value is -1.79. The molecule has 0 aliphatic heterocycles. The van der Waals surface area contributed by atoms with Gasteiger partial charge in [-0.2, -0.15) is 5.10 Å². The van der Waals surface area contributed by atoms with Crippen molar-refractivity contribution in [2.24, 2.45) is 0 Å². The fourth-order valence-electron chi connectivity index (χ4n) is 1.88. The highest BCUT2D eigenvalue weighted by molar-refractivity contribution is 7.98. The minimum absolute atomic E-state index is 0.722. The fourth-order valence-corrected chi connectivity index (χ4v) is 3.48. The molecule has 0 aliphatic carbocycles. The van der Waals surface area contributed by atoms with Gasteiger partial charge in [0.25, 0.3) is 0 Å². The van der Waals surface area contributed by atoms with Gasteiger partial charge in [-0.15, -0.1) is 11.3 Å². The third-order valence-corrected chi connectivity index (χ3v) is 4.93. The monoisotopic (exact) mass is 317 g/mol. The van der Waals surface area contributed by atoms with Gasteiger partial charge in [0.2, 0.25) is 0 Å². The van der Waals surface area contributed by atoms with Crippen LogP contribution in [-0.2, 0) is 12.2 Å². The lowest BCUT2D eigenvalue weighted by atomic mass is 10.1. The maximum absolute atomic E-state index is 5.15. The normalized spacial score (nSPS) is 10.7. The third-order valence-electron chi connectivity index (χ3n) is 2.96. The van der Waals surface area contributed by atoms with Crippen LogP contribution < -0.4 is 4.74 Å². The Morgan fingerprint density at radius 1 is 1.24 bits per heavy atom. The number of hydrogen-bond donors (Lipinski definition) is 1. The van der Waals surface area contributed by atoms with Crippen LogP contribution in [0.4, 0.5) is 0 Å². The smallest absolute Gasteiger partial charge is 0.184 e. The van der Waals surface area contributed by atoms with Crippen LogP contribution in [-0.4, -0.2) is 22.3 Å². The first kappa shape index (κ1) is 14.2. The van der Waals surface area contributed by atoms with Crippen LogP contribution in [0.2, 0.25) is 0 Å². The van der Waals surface area contributed by atoms with Crippen LogP contribution in [0.15, 0.2) is 46.9 Å². The fraction of sp³-hybridized carbons (Fsp3) is 0.200. The van der Waals surface area contributed by atoms with Gasteiger partial charge in [0.1, 0.15) is 5.75 Å². The zero-order valence-electron chi connectivity index (χ0n) is 11.6. The number of rotatable bonds is 6. The standard InChI is InChI=1S/C15H15N3OS2/c1-19-12-6-4-11(5-7-12)9-14-16-15(18-17-14)21-10-13-3-2-8-20-13/h2-8H,9-10H2,1H3,(H,16,17,18). The van der Waals surface area contributed by atoms with E-state index in [1.807, 2.05) is 24.3 Å². The highest BCUT2D eigenvalue weighted by Crippen LogP contribution is 2.22. The summed E-state index contributed by atoms with van der Waals surface area (Å²) < 4.78 is 5.15. The third kappa shape index (κ3) is 3.86. The van der Waals surface area contributed by atoms with E-state index >= 15 is 0 Å². The molecule has 3 rings (SSSR count). The molecule has 1 aromatic carbocycles. The van der Waals surface area contributed by atoms with Gasteiger partial charge in [-0.3, -0.25) is 5.10 Å². The topological polar surface area (TPSA) is 50.8 Å². The van der Waals surface area contributed by atoms with Crippen LogP contribution in [0, 0.1) is 0 Å². The quantitative estimate of drug-likeness (QED) is 0.703. The van der Waals surface area contributed by atoms with Crippen LogP contribution in [0.5, 0.6) is 5.75 Å². The number of nitrogens with one attached hydrogen (secondary N) is 1. The first-order chi connectivity index (χ1) is 10.3. The van der Waals surface area contributed by atoms with Crippen LogP contribution in [0.3, 0.4) is 0 Å². The van der Waals surface area contributed by atoms with Crippen molar-refractivity contribution < 1.29 is 4.74 Å². The van der Waals surface area contributed by atoms with E-state index in [9.17, 15) is 0 Å². The number of aromatic amines is 1. The van der Waals surface area contributed by atoms with Gasteiger partial charge in [0, 0.05) is 17.1 Å². The summed E-state index contributed by atoms with van der Waals surface area (Å²) in [4.78, 5) is 5.86. The van der Waals surface area contributed by atoms with Crippen molar-refractivity contribution in [3.05, 3.63) is 58.0 Å². The molecular weight excluding hydrogens is 302 g/mol. The number of aromatic nitrogens is 3. The molecule has 2 aromatic heterocycles. The number of thioether (sulfide) groups is 1. The molecule has 0 spiro atoms. The van der Waals surface area contributed by atoms with Crippen molar-refractivity contribution >= 4 is 23.1 Å². The van der Waals surface area contributed by atoms with E-state index in [1.54, 1.807) is 30.2 Å². The largest absolute Gasteiger partial charge is 0.497 e. The number of methoxy groups -OCH3 is 1. The van der Waals surface area contributed by atoms with Gasteiger partial charge in [-0.1, -0.05) is 30.0 Å². The molecule has 0 saturated carbocycles. The number of thiophene rings is 1. The van der Waals surface area contributed by atoms with Crippen molar-refractivity contribution in [3.8, 4) is 5.75 Å². The van der Waals surface area contributed by atoms with Crippen molar-refractivity contribution in [2.75, 3.05) is 7.11 Å². The van der Waals surface area contributed by atoms with E-state index < -0.39 is 0 Å². The van der Waals surface area contributed by atoms with Gasteiger partial charge < -0.3 is 4.74 Å². The molecule has 0 atom stereocenters. The average molecular weight is 317 g/mol. The second-order valence-electron chi connectivity index (χ2n) is 4.45. The minimum Gasteiger partial charge on any atom is -0.497 e. The molecule has 0 unspecified atom stereocenters. The summed E-state index contributed by atoms with van der Waals surface area (Å²) in [6.07, 6.45) is 0.722. The van der Waals surface area contributed by atoms with Crippen molar-refractivity contribution in [2.45, 2.75) is 17.3 Å². The molecule has 1 N–H and O–H groups in total. The first-order valence-electron chi connectivity index (χ1n) is 6.53. The summed E-state index contributed by atoms with van der Waals surface area (Å²) >= 11 is 3.44. The lowest BCUT2D eigenvalue weighted by Crippen LogP contribution is -1.91.